The number of fused-ring (bicyclic) bond motifs is 3. The fourth-order valence-corrected chi connectivity index (χ4v) is 3.38. The summed E-state index contributed by atoms with van der Waals surface area (Å²) in [4.78, 5) is 12.0. The molecule has 2 aromatic carbocycles. The molecule has 0 amide bonds. The lowest BCUT2D eigenvalue weighted by Gasteiger charge is -2.09. The summed E-state index contributed by atoms with van der Waals surface area (Å²) in [6.45, 7) is 0.208. The molecule has 1 aromatic heterocycles. The van der Waals surface area contributed by atoms with E-state index in [9.17, 15) is 9.18 Å². The molecule has 0 saturated heterocycles. The van der Waals surface area contributed by atoms with Gasteiger partial charge in [-0.25, -0.2) is 9.18 Å². The van der Waals surface area contributed by atoms with Crippen LogP contribution in [0.25, 0.3) is 11.0 Å². The fraction of sp³-hybridized carbons (Fsp3) is 0.211. The maximum absolute atomic E-state index is 13.1. The molecule has 0 bridgehead atoms. The molecule has 3 nitrogen and oxygen atoms in total. The summed E-state index contributed by atoms with van der Waals surface area (Å²) < 4.78 is 24.2. The van der Waals surface area contributed by atoms with E-state index in [0.29, 0.717) is 21.9 Å². The standard InChI is InChI=1S/C19H14ClFO3/c20-17-8-12(21)5-4-11(17)10-23-13-6-7-15-14-2-1-3-16(14)19(22)24-18(15)9-13/h4-9H,1-3,10H2. The van der Waals surface area contributed by atoms with Crippen LogP contribution in [0.5, 0.6) is 5.75 Å². The first kappa shape index (κ1) is 15.2. The van der Waals surface area contributed by atoms with E-state index < -0.39 is 0 Å². The lowest BCUT2D eigenvalue weighted by molar-refractivity contribution is 0.306. The molecule has 5 heteroatoms. The minimum Gasteiger partial charge on any atom is -0.489 e. The molecule has 4 rings (SSSR count). The third-order valence-electron chi connectivity index (χ3n) is 4.35. The summed E-state index contributed by atoms with van der Waals surface area (Å²) in [5.74, 6) is 0.189. The Balaban J connectivity index is 1.64. The highest BCUT2D eigenvalue weighted by atomic mass is 35.5. The van der Waals surface area contributed by atoms with Crippen molar-refractivity contribution in [1.82, 2.24) is 0 Å². The highest BCUT2D eigenvalue weighted by Crippen LogP contribution is 2.30. The Morgan fingerprint density at radius 1 is 1.12 bits per heavy atom. The average molecular weight is 345 g/mol. The molecule has 0 fully saturated rings. The van der Waals surface area contributed by atoms with E-state index in [4.69, 9.17) is 20.8 Å². The largest absolute Gasteiger partial charge is 0.489 e. The van der Waals surface area contributed by atoms with Gasteiger partial charge in [0.05, 0.1) is 5.02 Å². The molecule has 3 aromatic rings. The molecule has 0 N–H and O–H groups in total. The molecule has 0 radical (unpaired) electrons. The van der Waals surface area contributed by atoms with Crippen molar-refractivity contribution in [2.75, 3.05) is 0 Å². The first-order valence-electron chi connectivity index (χ1n) is 7.77. The van der Waals surface area contributed by atoms with Crippen molar-refractivity contribution in [2.24, 2.45) is 0 Å². The summed E-state index contributed by atoms with van der Waals surface area (Å²) in [7, 11) is 0. The molecule has 0 unspecified atom stereocenters. The molecule has 0 saturated carbocycles. The Morgan fingerprint density at radius 3 is 2.79 bits per heavy atom. The predicted octanol–water partition coefficient (Wildman–Crippen LogP) is 4.65. The summed E-state index contributed by atoms with van der Waals surface area (Å²) >= 11 is 6.00. The zero-order valence-corrected chi connectivity index (χ0v) is 13.5. The minimum absolute atomic E-state index is 0.208. The number of hydrogen-bond acceptors (Lipinski definition) is 3. The van der Waals surface area contributed by atoms with Crippen molar-refractivity contribution < 1.29 is 13.5 Å². The Hall–Kier alpha value is -2.33. The first-order valence-corrected chi connectivity index (χ1v) is 8.15. The second-order valence-corrected chi connectivity index (χ2v) is 6.29. The fourth-order valence-electron chi connectivity index (χ4n) is 3.15. The van der Waals surface area contributed by atoms with Gasteiger partial charge in [0.25, 0.3) is 0 Å². The number of rotatable bonds is 3. The van der Waals surface area contributed by atoms with Crippen LogP contribution in [0.15, 0.2) is 45.6 Å². The lowest BCUT2D eigenvalue weighted by atomic mass is 10.1. The monoisotopic (exact) mass is 344 g/mol. The number of halogens is 2. The van der Waals surface area contributed by atoms with Crippen LogP contribution >= 0.6 is 11.6 Å². The minimum atomic E-state index is -0.384. The van der Waals surface area contributed by atoms with Crippen molar-refractivity contribution >= 4 is 22.6 Å². The number of benzene rings is 2. The highest BCUT2D eigenvalue weighted by molar-refractivity contribution is 6.31. The van der Waals surface area contributed by atoms with Crippen molar-refractivity contribution in [2.45, 2.75) is 25.9 Å². The first-order chi connectivity index (χ1) is 11.6. The van der Waals surface area contributed by atoms with Gasteiger partial charge in [0.1, 0.15) is 23.8 Å². The van der Waals surface area contributed by atoms with Crippen molar-refractivity contribution in [3.05, 3.63) is 74.3 Å². The summed E-state index contributed by atoms with van der Waals surface area (Å²) in [6.07, 6.45) is 2.68. The van der Waals surface area contributed by atoms with E-state index in [1.807, 2.05) is 12.1 Å². The van der Waals surface area contributed by atoms with Crippen LogP contribution in [-0.2, 0) is 19.4 Å². The molecule has 24 heavy (non-hydrogen) atoms. The maximum Gasteiger partial charge on any atom is 0.339 e. The molecule has 1 aliphatic rings. The Labute approximate surface area is 142 Å². The van der Waals surface area contributed by atoms with Gasteiger partial charge >= 0.3 is 5.63 Å². The Morgan fingerprint density at radius 2 is 1.96 bits per heavy atom. The van der Waals surface area contributed by atoms with Crippen LogP contribution in [0.3, 0.4) is 0 Å². The highest BCUT2D eigenvalue weighted by Gasteiger charge is 2.19. The molecule has 0 spiro atoms. The van der Waals surface area contributed by atoms with Gasteiger partial charge in [-0.15, -0.1) is 0 Å². The zero-order valence-electron chi connectivity index (χ0n) is 12.8. The number of aryl methyl sites for hydroxylation is 1. The summed E-state index contributed by atoms with van der Waals surface area (Å²) in [5.41, 5.74) is 2.86. The van der Waals surface area contributed by atoms with Gasteiger partial charge in [0.15, 0.2) is 0 Å². The van der Waals surface area contributed by atoms with E-state index in [2.05, 4.69) is 0 Å². The van der Waals surface area contributed by atoms with E-state index in [1.54, 1.807) is 12.1 Å². The second-order valence-electron chi connectivity index (χ2n) is 5.88. The Kier molecular flexibility index (Phi) is 3.77. The second kappa shape index (κ2) is 5.95. The van der Waals surface area contributed by atoms with Crippen LogP contribution in [0.4, 0.5) is 4.39 Å². The van der Waals surface area contributed by atoms with E-state index in [1.165, 1.54) is 12.1 Å². The van der Waals surface area contributed by atoms with Crippen LogP contribution in [0.1, 0.15) is 23.1 Å². The van der Waals surface area contributed by atoms with Crippen LogP contribution in [0, 0.1) is 5.82 Å². The summed E-state index contributed by atoms with van der Waals surface area (Å²) in [5, 5.41) is 1.29. The molecular formula is C19H14ClFO3. The Bertz CT molecular complexity index is 994. The van der Waals surface area contributed by atoms with Crippen LogP contribution in [0.2, 0.25) is 5.02 Å². The van der Waals surface area contributed by atoms with Gasteiger partial charge in [-0.05, 0) is 49.1 Å². The third-order valence-corrected chi connectivity index (χ3v) is 4.71. The van der Waals surface area contributed by atoms with E-state index in [0.717, 1.165) is 35.8 Å². The van der Waals surface area contributed by atoms with Gasteiger partial charge in [0, 0.05) is 22.6 Å². The quantitative estimate of drug-likeness (QED) is 0.649. The van der Waals surface area contributed by atoms with Crippen molar-refractivity contribution in [3.8, 4) is 5.75 Å². The SMILES string of the molecule is O=c1oc2cc(OCc3ccc(F)cc3Cl)ccc2c2c1CCC2. The number of ether oxygens (including phenoxy) is 1. The van der Waals surface area contributed by atoms with Gasteiger partial charge in [-0.2, -0.15) is 0 Å². The zero-order chi connectivity index (χ0) is 16.7. The van der Waals surface area contributed by atoms with Gasteiger partial charge in [-0.3, -0.25) is 0 Å². The topological polar surface area (TPSA) is 39.4 Å². The summed E-state index contributed by atoms with van der Waals surface area (Å²) in [6, 6.07) is 9.66. The third kappa shape index (κ3) is 2.67. The van der Waals surface area contributed by atoms with Gasteiger partial charge < -0.3 is 9.15 Å². The molecule has 1 heterocycles. The lowest BCUT2D eigenvalue weighted by Crippen LogP contribution is -2.07. The van der Waals surface area contributed by atoms with Crippen LogP contribution < -0.4 is 10.4 Å². The maximum atomic E-state index is 13.1. The van der Waals surface area contributed by atoms with Crippen molar-refractivity contribution in [1.29, 1.82) is 0 Å². The van der Waals surface area contributed by atoms with Gasteiger partial charge in [-0.1, -0.05) is 17.7 Å². The van der Waals surface area contributed by atoms with E-state index >= 15 is 0 Å². The smallest absolute Gasteiger partial charge is 0.339 e. The molecule has 0 aliphatic heterocycles. The molecular weight excluding hydrogens is 331 g/mol. The average Bonchev–Trinajstić information content (AvgIpc) is 3.04. The predicted molar refractivity (Wildman–Crippen MR) is 90.3 cm³/mol. The molecule has 122 valence electrons. The molecule has 1 aliphatic carbocycles. The normalized spacial score (nSPS) is 13.2. The number of hydrogen-bond donors (Lipinski definition) is 0. The molecule has 0 atom stereocenters. The van der Waals surface area contributed by atoms with Crippen LogP contribution in [-0.4, -0.2) is 0 Å². The van der Waals surface area contributed by atoms with Crippen molar-refractivity contribution in [3.63, 3.8) is 0 Å². The van der Waals surface area contributed by atoms with Gasteiger partial charge in [0.2, 0.25) is 0 Å². The van der Waals surface area contributed by atoms with E-state index in [-0.39, 0.29) is 18.0 Å².